The van der Waals surface area contributed by atoms with Crippen LogP contribution in [0.3, 0.4) is 0 Å². The molecule has 2 amide bonds. The highest BCUT2D eigenvalue weighted by atomic mass is 32.1. The average molecular weight is 482 g/mol. The number of anilines is 2. The number of rotatable bonds is 7. The van der Waals surface area contributed by atoms with Gasteiger partial charge in [-0.25, -0.2) is 4.98 Å². The molecule has 3 aromatic rings. The first-order valence-corrected chi connectivity index (χ1v) is 12.4. The molecule has 3 heterocycles. The van der Waals surface area contributed by atoms with Gasteiger partial charge in [-0.2, -0.15) is 0 Å². The minimum atomic E-state index is -0.166. The number of morpholine rings is 1. The molecule has 9 nitrogen and oxygen atoms in total. The second-order valence-corrected chi connectivity index (χ2v) is 9.70. The van der Waals surface area contributed by atoms with E-state index in [2.05, 4.69) is 25.5 Å². The maximum absolute atomic E-state index is 12.5. The number of amides is 2. The summed E-state index contributed by atoms with van der Waals surface area (Å²) >= 11 is 1.60. The predicted molar refractivity (Wildman–Crippen MR) is 132 cm³/mol. The highest BCUT2D eigenvalue weighted by Crippen LogP contribution is 2.34. The van der Waals surface area contributed by atoms with Crippen molar-refractivity contribution in [3.63, 3.8) is 0 Å². The van der Waals surface area contributed by atoms with Crippen molar-refractivity contribution in [1.29, 1.82) is 0 Å². The zero-order chi connectivity index (χ0) is 23.5. The molecule has 10 heteroatoms. The lowest BCUT2D eigenvalue weighted by molar-refractivity contribution is -0.118. The molecule has 1 aromatic carbocycles. The number of hydrogen-bond donors (Lipinski definition) is 3. The van der Waals surface area contributed by atoms with E-state index in [0.29, 0.717) is 43.4 Å². The van der Waals surface area contributed by atoms with Gasteiger partial charge in [-0.15, -0.1) is 11.3 Å². The molecule has 34 heavy (non-hydrogen) atoms. The summed E-state index contributed by atoms with van der Waals surface area (Å²) in [5.74, 6) is 0.291. The van der Waals surface area contributed by atoms with Crippen LogP contribution in [0.1, 0.15) is 29.1 Å². The van der Waals surface area contributed by atoms with E-state index in [1.165, 1.54) is 4.88 Å². The molecular weight excluding hydrogens is 454 g/mol. The average Bonchev–Trinajstić information content (AvgIpc) is 3.41. The monoisotopic (exact) mass is 481 g/mol. The Kier molecular flexibility index (Phi) is 6.70. The van der Waals surface area contributed by atoms with Crippen molar-refractivity contribution in [3.8, 4) is 0 Å². The number of hydrogen-bond acceptors (Lipinski definition) is 7. The summed E-state index contributed by atoms with van der Waals surface area (Å²) in [5, 5.41) is 6.45. The molecule has 0 spiro atoms. The van der Waals surface area contributed by atoms with Crippen LogP contribution < -0.4 is 16.2 Å². The number of H-pyrrole nitrogens is 1. The van der Waals surface area contributed by atoms with E-state index in [9.17, 15) is 14.4 Å². The van der Waals surface area contributed by atoms with Gasteiger partial charge in [-0.3, -0.25) is 19.3 Å². The molecule has 1 saturated heterocycles. The number of benzene rings is 1. The van der Waals surface area contributed by atoms with Gasteiger partial charge in [-0.05, 0) is 49.1 Å². The Hall–Kier alpha value is -3.08. The lowest BCUT2D eigenvalue weighted by Crippen LogP contribution is -2.41. The maximum atomic E-state index is 12.5. The molecule has 178 valence electrons. The van der Waals surface area contributed by atoms with Gasteiger partial charge < -0.3 is 20.4 Å². The summed E-state index contributed by atoms with van der Waals surface area (Å²) in [7, 11) is 0. The van der Waals surface area contributed by atoms with Gasteiger partial charge in [0.25, 0.3) is 5.56 Å². The summed E-state index contributed by atoms with van der Waals surface area (Å²) in [6.45, 7) is 3.14. The minimum Gasteiger partial charge on any atom is -0.379 e. The summed E-state index contributed by atoms with van der Waals surface area (Å²) in [5.41, 5.74) is 2.36. The van der Waals surface area contributed by atoms with Crippen LogP contribution >= 0.6 is 11.3 Å². The number of fused-ring (bicyclic) bond motifs is 3. The summed E-state index contributed by atoms with van der Waals surface area (Å²) in [4.78, 5) is 48.7. The standard InChI is InChI=1S/C24H27N5O4S/c30-20(9-8-19-27-23(32)22-17-2-1-3-18(17)34-24(22)28-19)25-15-4-6-16(7-5-15)26-21(31)14-29-10-12-33-13-11-29/h4-7H,1-3,8-14H2,(H,25,30)(H,26,31)(H,27,28,32). The predicted octanol–water partition coefficient (Wildman–Crippen LogP) is 2.32. The molecule has 3 N–H and O–H groups in total. The Bertz CT molecular complexity index is 1260. The van der Waals surface area contributed by atoms with Gasteiger partial charge in [0.15, 0.2) is 0 Å². The summed E-state index contributed by atoms with van der Waals surface area (Å²) < 4.78 is 5.29. The fourth-order valence-electron chi connectivity index (χ4n) is 4.42. The van der Waals surface area contributed by atoms with Crippen LogP contribution in [-0.4, -0.2) is 59.5 Å². The topological polar surface area (TPSA) is 116 Å². The lowest BCUT2D eigenvalue weighted by atomic mass is 10.2. The Balaban J connectivity index is 1.12. The highest BCUT2D eigenvalue weighted by molar-refractivity contribution is 7.18. The normalized spacial score (nSPS) is 15.9. The Morgan fingerprint density at radius 3 is 2.50 bits per heavy atom. The second-order valence-electron chi connectivity index (χ2n) is 8.61. The van der Waals surface area contributed by atoms with E-state index >= 15 is 0 Å². The lowest BCUT2D eigenvalue weighted by Gasteiger charge is -2.25. The molecule has 2 aromatic heterocycles. The van der Waals surface area contributed by atoms with Crippen molar-refractivity contribution in [3.05, 3.63) is 50.9 Å². The van der Waals surface area contributed by atoms with E-state index in [1.54, 1.807) is 35.6 Å². The number of aryl methyl sites for hydroxylation is 3. The number of ether oxygens (including phenoxy) is 1. The first-order valence-electron chi connectivity index (χ1n) is 11.6. The molecule has 0 bridgehead atoms. The van der Waals surface area contributed by atoms with Crippen molar-refractivity contribution in [2.24, 2.45) is 0 Å². The fraction of sp³-hybridized carbons (Fsp3) is 0.417. The van der Waals surface area contributed by atoms with Crippen molar-refractivity contribution >= 4 is 44.7 Å². The quantitative estimate of drug-likeness (QED) is 0.477. The van der Waals surface area contributed by atoms with Gasteiger partial charge in [0.2, 0.25) is 11.8 Å². The molecule has 1 aliphatic heterocycles. The molecule has 0 radical (unpaired) electrons. The molecule has 5 rings (SSSR count). The van der Waals surface area contributed by atoms with Gasteiger partial charge in [0, 0.05) is 42.2 Å². The largest absolute Gasteiger partial charge is 0.379 e. The number of carbonyl (C=O) groups excluding carboxylic acids is 2. The van der Waals surface area contributed by atoms with Crippen molar-refractivity contribution < 1.29 is 14.3 Å². The third-order valence-corrected chi connectivity index (χ3v) is 7.32. The second kappa shape index (κ2) is 10.0. The van der Waals surface area contributed by atoms with Crippen LogP contribution in [0.25, 0.3) is 10.2 Å². The minimum absolute atomic E-state index is 0.0758. The van der Waals surface area contributed by atoms with Gasteiger partial charge in [-0.1, -0.05) is 0 Å². The molecule has 0 unspecified atom stereocenters. The molecular formula is C24H27N5O4S. The first kappa shape index (κ1) is 22.7. The third-order valence-electron chi connectivity index (χ3n) is 6.14. The number of carbonyl (C=O) groups is 2. The van der Waals surface area contributed by atoms with Crippen LogP contribution in [0.15, 0.2) is 29.1 Å². The molecule has 2 aliphatic rings. The van der Waals surface area contributed by atoms with Crippen molar-refractivity contribution in [1.82, 2.24) is 14.9 Å². The third kappa shape index (κ3) is 5.19. The molecule has 0 saturated carbocycles. The van der Waals surface area contributed by atoms with E-state index in [0.717, 1.165) is 48.1 Å². The maximum Gasteiger partial charge on any atom is 0.259 e. The van der Waals surface area contributed by atoms with E-state index in [-0.39, 0.29) is 23.8 Å². The van der Waals surface area contributed by atoms with Crippen LogP contribution in [0.5, 0.6) is 0 Å². The SMILES string of the molecule is O=C(CCc1nc2sc3c(c2c(=O)[nH]1)CCC3)Nc1ccc(NC(=O)CN2CCOCC2)cc1. The smallest absolute Gasteiger partial charge is 0.259 e. The Morgan fingerprint density at radius 1 is 1.06 bits per heavy atom. The Morgan fingerprint density at radius 2 is 1.76 bits per heavy atom. The number of aromatic nitrogens is 2. The van der Waals surface area contributed by atoms with Crippen LogP contribution in [-0.2, 0) is 33.6 Å². The van der Waals surface area contributed by atoms with Gasteiger partial charge >= 0.3 is 0 Å². The van der Waals surface area contributed by atoms with Gasteiger partial charge in [0.1, 0.15) is 10.7 Å². The van der Waals surface area contributed by atoms with Crippen LogP contribution in [0, 0.1) is 0 Å². The number of thiophene rings is 1. The summed E-state index contributed by atoms with van der Waals surface area (Å²) in [6.07, 6.45) is 3.62. The summed E-state index contributed by atoms with van der Waals surface area (Å²) in [6, 6.07) is 7.02. The molecule has 1 aliphatic carbocycles. The Labute approximate surface area is 200 Å². The zero-order valence-electron chi connectivity index (χ0n) is 18.8. The van der Waals surface area contributed by atoms with Crippen LogP contribution in [0.4, 0.5) is 11.4 Å². The van der Waals surface area contributed by atoms with Gasteiger partial charge in [0.05, 0.1) is 25.1 Å². The van der Waals surface area contributed by atoms with E-state index < -0.39 is 0 Å². The highest BCUT2D eigenvalue weighted by Gasteiger charge is 2.21. The number of nitrogens with one attached hydrogen (secondary N) is 3. The molecule has 0 atom stereocenters. The van der Waals surface area contributed by atoms with E-state index in [4.69, 9.17) is 4.74 Å². The van der Waals surface area contributed by atoms with Crippen LogP contribution in [0.2, 0.25) is 0 Å². The van der Waals surface area contributed by atoms with Crippen molar-refractivity contribution in [2.45, 2.75) is 32.1 Å². The number of aromatic amines is 1. The van der Waals surface area contributed by atoms with Crippen molar-refractivity contribution in [2.75, 3.05) is 43.5 Å². The zero-order valence-corrected chi connectivity index (χ0v) is 19.6. The first-order chi connectivity index (χ1) is 16.5. The number of nitrogens with zero attached hydrogens (tertiary/aromatic N) is 2. The fourth-order valence-corrected chi connectivity index (χ4v) is 5.70. The van der Waals surface area contributed by atoms with E-state index in [1.807, 2.05) is 0 Å². The molecule has 1 fully saturated rings.